The van der Waals surface area contributed by atoms with Gasteiger partial charge in [-0.15, -0.1) is 0 Å². The highest BCUT2D eigenvalue weighted by Gasteiger charge is 2.30. The summed E-state index contributed by atoms with van der Waals surface area (Å²) < 4.78 is 37.1. The number of amides is 3. The molecular formula is C13H14F3N3O3. The Morgan fingerprint density at radius 2 is 1.68 bits per heavy atom. The molecule has 0 spiro atoms. The Kier molecular flexibility index (Phi) is 6.36. The number of hydrogen-bond acceptors (Lipinski definition) is 3. The smallest absolute Gasteiger partial charge is 0.359 e. The van der Waals surface area contributed by atoms with Crippen molar-refractivity contribution in [3.05, 3.63) is 29.8 Å². The fourth-order valence-electron chi connectivity index (χ4n) is 1.46. The number of halogens is 3. The van der Waals surface area contributed by atoms with Crippen LogP contribution < -0.4 is 16.0 Å². The molecule has 3 amide bonds. The highest BCUT2D eigenvalue weighted by molar-refractivity contribution is 6.39. The first-order valence-electron chi connectivity index (χ1n) is 6.28. The van der Waals surface area contributed by atoms with Crippen LogP contribution in [-0.4, -0.2) is 31.3 Å². The average molecular weight is 317 g/mol. The molecule has 0 saturated heterocycles. The van der Waals surface area contributed by atoms with E-state index in [1.54, 1.807) is 0 Å². The Morgan fingerprint density at radius 1 is 1.05 bits per heavy atom. The molecule has 1 aromatic carbocycles. The Bertz CT molecular complexity index is 530. The predicted molar refractivity (Wildman–Crippen MR) is 71.8 cm³/mol. The highest BCUT2D eigenvalue weighted by Crippen LogP contribution is 2.29. The van der Waals surface area contributed by atoms with E-state index in [0.29, 0.717) is 19.4 Å². The second-order valence-corrected chi connectivity index (χ2v) is 4.21. The van der Waals surface area contributed by atoms with Crippen LogP contribution >= 0.6 is 0 Å². The third-order valence-electron chi connectivity index (χ3n) is 2.54. The van der Waals surface area contributed by atoms with Crippen LogP contribution in [0.3, 0.4) is 0 Å². The Morgan fingerprint density at radius 3 is 2.23 bits per heavy atom. The van der Waals surface area contributed by atoms with Crippen molar-refractivity contribution in [2.45, 2.75) is 12.6 Å². The predicted octanol–water partition coefficient (Wildman–Crippen LogP) is 0.896. The van der Waals surface area contributed by atoms with Crippen LogP contribution in [0.1, 0.15) is 12.0 Å². The Balaban J connectivity index is 2.44. The van der Waals surface area contributed by atoms with Crippen molar-refractivity contribution in [1.29, 1.82) is 0 Å². The van der Waals surface area contributed by atoms with E-state index in [-0.39, 0.29) is 12.2 Å². The van der Waals surface area contributed by atoms with Gasteiger partial charge in [-0.2, -0.15) is 13.2 Å². The van der Waals surface area contributed by atoms with Gasteiger partial charge < -0.3 is 16.0 Å². The number of rotatable bonds is 6. The van der Waals surface area contributed by atoms with Gasteiger partial charge in [0.2, 0.25) is 6.41 Å². The number of alkyl halides is 3. The quantitative estimate of drug-likeness (QED) is 0.414. The summed E-state index contributed by atoms with van der Waals surface area (Å²) in [5.41, 5.74) is -0.770. The molecule has 0 aliphatic carbocycles. The molecule has 0 aliphatic rings. The molecular weight excluding hydrogens is 303 g/mol. The summed E-state index contributed by atoms with van der Waals surface area (Å²) in [6.45, 7) is 0.532. The van der Waals surface area contributed by atoms with Crippen LogP contribution in [0.25, 0.3) is 0 Å². The number of carbonyl (C=O) groups excluding carboxylic acids is 3. The van der Waals surface area contributed by atoms with Gasteiger partial charge in [-0.1, -0.05) is 0 Å². The van der Waals surface area contributed by atoms with Crippen molar-refractivity contribution in [2.75, 3.05) is 18.4 Å². The minimum absolute atomic E-state index is 0.0794. The van der Waals surface area contributed by atoms with Gasteiger partial charge in [0, 0.05) is 18.8 Å². The van der Waals surface area contributed by atoms with Crippen molar-refractivity contribution in [1.82, 2.24) is 10.6 Å². The summed E-state index contributed by atoms with van der Waals surface area (Å²) >= 11 is 0. The van der Waals surface area contributed by atoms with E-state index in [1.807, 2.05) is 0 Å². The first-order chi connectivity index (χ1) is 10.3. The molecule has 0 unspecified atom stereocenters. The molecule has 0 aromatic heterocycles. The van der Waals surface area contributed by atoms with Crippen LogP contribution in [0.15, 0.2) is 24.3 Å². The van der Waals surface area contributed by atoms with Gasteiger partial charge in [0.05, 0.1) is 5.56 Å². The highest BCUT2D eigenvalue weighted by atomic mass is 19.4. The molecule has 0 aliphatic heterocycles. The maximum Gasteiger partial charge on any atom is 0.416 e. The normalized spacial score (nSPS) is 10.7. The van der Waals surface area contributed by atoms with E-state index < -0.39 is 23.6 Å². The van der Waals surface area contributed by atoms with Crippen LogP contribution in [0, 0.1) is 0 Å². The lowest BCUT2D eigenvalue weighted by Crippen LogP contribution is -2.36. The summed E-state index contributed by atoms with van der Waals surface area (Å²) in [7, 11) is 0. The van der Waals surface area contributed by atoms with E-state index in [4.69, 9.17) is 0 Å². The molecule has 120 valence electrons. The molecule has 6 nitrogen and oxygen atoms in total. The second-order valence-electron chi connectivity index (χ2n) is 4.21. The van der Waals surface area contributed by atoms with Gasteiger partial charge in [0.1, 0.15) is 0 Å². The van der Waals surface area contributed by atoms with Gasteiger partial charge >= 0.3 is 18.0 Å². The number of carbonyl (C=O) groups is 3. The molecule has 0 radical (unpaired) electrons. The zero-order valence-electron chi connectivity index (χ0n) is 11.4. The van der Waals surface area contributed by atoms with E-state index in [2.05, 4.69) is 16.0 Å². The van der Waals surface area contributed by atoms with Crippen LogP contribution in [0.4, 0.5) is 18.9 Å². The van der Waals surface area contributed by atoms with Crippen LogP contribution in [-0.2, 0) is 20.6 Å². The molecule has 22 heavy (non-hydrogen) atoms. The zero-order valence-corrected chi connectivity index (χ0v) is 11.4. The maximum atomic E-state index is 12.4. The first kappa shape index (κ1) is 17.5. The standard InChI is InChI=1S/C13H14F3N3O3/c14-13(15,16)9-2-4-10(5-3-9)19-12(22)11(21)18-7-1-6-17-8-20/h2-5,8H,1,6-7H2,(H,17,20)(H,18,21)(H,19,22). The Labute approximate surface area is 124 Å². The van der Waals surface area contributed by atoms with Crippen molar-refractivity contribution >= 4 is 23.9 Å². The largest absolute Gasteiger partial charge is 0.416 e. The summed E-state index contributed by atoms with van der Waals surface area (Å²) in [5.74, 6) is -1.89. The number of anilines is 1. The average Bonchev–Trinajstić information content (AvgIpc) is 2.46. The summed E-state index contributed by atoms with van der Waals surface area (Å²) in [4.78, 5) is 32.9. The molecule has 0 saturated carbocycles. The fourth-order valence-corrected chi connectivity index (χ4v) is 1.46. The summed E-state index contributed by atoms with van der Waals surface area (Å²) in [5, 5.41) is 6.88. The van der Waals surface area contributed by atoms with E-state index in [0.717, 1.165) is 24.3 Å². The van der Waals surface area contributed by atoms with E-state index >= 15 is 0 Å². The Hall–Kier alpha value is -2.58. The molecule has 0 fully saturated rings. The van der Waals surface area contributed by atoms with Crippen molar-refractivity contribution < 1.29 is 27.6 Å². The van der Waals surface area contributed by atoms with Crippen LogP contribution in [0.5, 0.6) is 0 Å². The molecule has 9 heteroatoms. The molecule has 0 heterocycles. The van der Waals surface area contributed by atoms with Crippen molar-refractivity contribution in [3.63, 3.8) is 0 Å². The molecule has 0 bridgehead atoms. The first-order valence-corrected chi connectivity index (χ1v) is 6.28. The topological polar surface area (TPSA) is 87.3 Å². The van der Waals surface area contributed by atoms with E-state index in [9.17, 15) is 27.6 Å². The maximum absolute atomic E-state index is 12.4. The fraction of sp³-hybridized carbons (Fsp3) is 0.308. The monoisotopic (exact) mass is 317 g/mol. The summed E-state index contributed by atoms with van der Waals surface area (Å²) in [6, 6.07) is 3.72. The minimum atomic E-state index is -4.46. The number of nitrogens with one attached hydrogen (secondary N) is 3. The number of benzene rings is 1. The second kappa shape index (κ2) is 8.01. The summed E-state index contributed by atoms with van der Waals surface area (Å²) in [6.07, 6.45) is -3.51. The zero-order chi connectivity index (χ0) is 16.6. The van der Waals surface area contributed by atoms with Gasteiger partial charge in [-0.25, -0.2) is 0 Å². The minimum Gasteiger partial charge on any atom is -0.359 e. The molecule has 3 N–H and O–H groups in total. The van der Waals surface area contributed by atoms with E-state index in [1.165, 1.54) is 0 Å². The van der Waals surface area contributed by atoms with Gasteiger partial charge in [-0.05, 0) is 30.7 Å². The van der Waals surface area contributed by atoms with Gasteiger partial charge in [0.15, 0.2) is 0 Å². The third-order valence-corrected chi connectivity index (χ3v) is 2.54. The van der Waals surface area contributed by atoms with Crippen molar-refractivity contribution in [3.8, 4) is 0 Å². The molecule has 1 rings (SSSR count). The molecule has 0 atom stereocenters. The van der Waals surface area contributed by atoms with Crippen LogP contribution in [0.2, 0.25) is 0 Å². The lowest BCUT2D eigenvalue weighted by Gasteiger charge is -2.09. The lowest BCUT2D eigenvalue weighted by atomic mass is 10.2. The number of hydrogen-bond donors (Lipinski definition) is 3. The lowest BCUT2D eigenvalue weighted by molar-refractivity contribution is -0.137. The van der Waals surface area contributed by atoms with Crippen molar-refractivity contribution in [2.24, 2.45) is 0 Å². The van der Waals surface area contributed by atoms with Gasteiger partial charge in [0.25, 0.3) is 0 Å². The third kappa shape index (κ3) is 5.81. The van der Waals surface area contributed by atoms with Gasteiger partial charge in [-0.3, -0.25) is 14.4 Å². The SMILES string of the molecule is O=CNCCCNC(=O)C(=O)Nc1ccc(C(F)(F)F)cc1. The molecule has 1 aromatic rings.